The van der Waals surface area contributed by atoms with E-state index in [9.17, 15) is 9.18 Å². The van der Waals surface area contributed by atoms with E-state index in [2.05, 4.69) is 11.4 Å². The highest BCUT2D eigenvalue weighted by atomic mass is 32.1. The Labute approximate surface area is 109 Å². The van der Waals surface area contributed by atoms with E-state index >= 15 is 0 Å². The molecule has 18 heavy (non-hydrogen) atoms. The van der Waals surface area contributed by atoms with Crippen molar-refractivity contribution in [3.8, 4) is 0 Å². The summed E-state index contributed by atoms with van der Waals surface area (Å²) in [6, 6.07) is 8.75. The fourth-order valence-electron chi connectivity index (χ4n) is 2.68. The van der Waals surface area contributed by atoms with Gasteiger partial charge in [0.2, 0.25) is 0 Å². The molecule has 0 saturated carbocycles. The zero-order valence-electron chi connectivity index (χ0n) is 9.80. The van der Waals surface area contributed by atoms with Crippen molar-refractivity contribution >= 4 is 17.6 Å². The lowest BCUT2D eigenvalue weighted by molar-refractivity contribution is -0.111. The first-order chi connectivity index (χ1) is 8.78. The SMILES string of the molecule is O=C[C@H]1Cc2ccsc2[C@@H](c2ccc(F)cc2)C1. The molecule has 0 bridgehead atoms. The molecule has 1 aromatic carbocycles. The number of carbonyl (C=O) groups excluding carboxylic acids is 1. The zero-order chi connectivity index (χ0) is 12.5. The monoisotopic (exact) mass is 260 g/mol. The Morgan fingerprint density at radius 2 is 2.00 bits per heavy atom. The summed E-state index contributed by atoms with van der Waals surface area (Å²) in [7, 11) is 0. The number of hydrogen-bond donors (Lipinski definition) is 0. The number of benzene rings is 1. The zero-order valence-corrected chi connectivity index (χ0v) is 10.6. The highest BCUT2D eigenvalue weighted by Gasteiger charge is 2.28. The summed E-state index contributed by atoms with van der Waals surface area (Å²) in [5.74, 6) is 0.111. The molecule has 2 aromatic rings. The van der Waals surface area contributed by atoms with Gasteiger partial charge in [-0.3, -0.25) is 0 Å². The van der Waals surface area contributed by atoms with Crippen LogP contribution in [-0.2, 0) is 11.2 Å². The second kappa shape index (κ2) is 4.65. The van der Waals surface area contributed by atoms with Crippen LogP contribution < -0.4 is 0 Å². The van der Waals surface area contributed by atoms with Gasteiger partial charge in [-0.15, -0.1) is 11.3 Å². The lowest BCUT2D eigenvalue weighted by Crippen LogP contribution is -2.18. The normalized spacial score (nSPS) is 22.5. The van der Waals surface area contributed by atoms with Crippen LogP contribution in [0.15, 0.2) is 35.7 Å². The van der Waals surface area contributed by atoms with Crippen molar-refractivity contribution < 1.29 is 9.18 Å². The van der Waals surface area contributed by atoms with Crippen molar-refractivity contribution in [3.63, 3.8) is 0 Å². The van der Waals surface area contributed by atoms with E-state index in [-0.39, 0.29) is 17.7 Å². The largest absolute Gasteiger partial charge is 0.303 e. The molecule has 1 nitrogen and oxygen atoms in total. The Kier molecular flexibility index (Phi) is 3.00. The predicted octanol–water partition coefficient (Wildman–Crippen LogP) is 3.78. The van der Waals surface area contributed by atoms with Gasteiger partial charge in [0.15, 0.2) is 0 Å². The molecule has 0 N–H and O–H groups in total. The molecule has 3 rings (SSSR count). The van der Waals surface area contributed by atoms with Crippen molar-refractivity contribution in [3.05, 3.63) is 57.5 Å². The molecule has 0 spiro atoms. The lowest BCUT2D eigenvalue weighted by Gasteiger charge is -2.26. The van der Waals surface area contributed by atoms with E-state index in [4.69, 9.17) is 0 Å². The van der Waals surface area contributed by atoms with Crippen LogP contribution in [0.5, 0.6) is 0 Å². The molecular weight excluding hydrogens is 247 g/mol. The molecule has 1 aromatic heterocycles. The lowest BCUT2D eigenvalue weighted by atomic mass is 9.79. The van der Waals surface area contributed by atoms with Gasteiger partial charge in [-0.05, 0) is 47.5 Å². The average molecular weight is 260 g/mol. The number of thiophene rings is 1. The van der Waals surface area contributed by atoms with Gasteiger partial charge in [0, 0.05) is 16.7 Å². The maximum atomic E-state index is 13.0. The number of carbonyl (C=O) groups is 1. The summed E-state index contributed by atoms with van der Waals surface area (Å²) in [5.41, 5.74) is 2.38. The maximum Gasteiger partial charge on any atom is 0.123 e. The Morgan fingerprint density at radius 1 is 1.22 bits per heavy atom. The minimum Gasteiger partial charge on any atom is -0.303 e. The van der Waals surface area contributed by atoms with Gasteiger partial charge in [-0.25, -0.2) is 4.39 Å². The number of hydrogen-bond acceptors (Lipinski definition) is 2. The molecule has 0 radical (unpaired) electrons. The minimum absolute atomic E-state index is 0.0853. The van der Waals surface area contributed by atoms with E-state index in [0.717, 1.165) is 24.7 Å². The van der Waals surface area contributed by atoms with Crippen LogP contribution in [0.2, 0.25) is 0 Å². The summed E-state index contributed by atoms with van der Waals surface area (Å²) >= 11 is 1.74. The number of aldehydes is 1. The third-order valence-corrected chi connectivity index (χ3v) is 4.66. The van der Waals surface area contributed by atoms with Gasteiger partial charge < -0.3 is 4.79 Å². The molecule has 1 aliphatic rings. The van der Waals surface area contributed by atoms with Crippen LogP contribution in [0.3, 0.4) is 0 Å². The molecule has 1 heterocycles. The van der Waals surface area contributed by atoms with Gasteiger partial charge in [0.1, 0.15) is 12.1 Å². The molecule has 0 saturated heterocycles. The fourth-order valence-corrected chi connectivity index (χ4v) is 3.76. The Morgan fingerprint density at radius 3 is 2.72 bits per heavy atom. The number of rotatable bonds is 2. The quantitative estimate of drug-likeness (QED) is 0.751. The van der Waals surface area contributed by atoms with Gasteiger partial charge in [0.05, 0.1) is 0 Å². The third-order valence-electron chi connectivity index (χ3n) is 3.58. The van der Waals surface area contributed by atoms with Crippen molar-refractivity contribution in [2.45, 2.75) is 18.8 Å². The second-order valence-electron chi connectivity index (χ2n) is 4.75. The Balaban J connectivity index is 2.01. The standard InChI is InChI=1S/C15H13FOS/c16-13-3-1-11(2-4-13)14-8-10(9-17)7-12-5-6-18-15(12)14/h1-6,9-10,14H,7-8H2/t10-,14+/m0/s1. The van der Waals surface area contributed by atoms with Gasteiger partial charge in [-0.1, -0.05) is 12.1 Å². The highest BCUT2D eigenvalue weighted by Crippen LogP contribution is 2.41. The van der Waals surface area contributed by atoms with Crippen LogP contribution in [0, 0.1) is 11.7 Å². The minimum atomic E-state index is -0.215. The Hall–Kier alpha value is -1.48. The summed E-state index contributed by atoms with van der Waals surface area (Å²) in [5, 5.41) is 2.08. The molecule has 92 valence electrons. The first-order valence-electron chi connectivity index (χ1n) is 6.05. The Bertz CT molecular complexity index is 558. The third kappa shape index (κ3) is 1.99. The van der Waals surface area contributed by atoms with Crippen LogP contribution >= 0.6 is 11.3 Å². The first kappa shape index (κ1) is 11.6. The van der Waals surface area contributed by atoms with Gasteiger partial charge in [-0.2, -0.15) is 0 Å². The van der Waals surface area contributed by atoms with Crippen molar-refractivity contribution in [1.82, 2.24) is 0 Å². The van der Waals surface area contributed by atoms with E-state index in [1.54, 1.807) is 11.3 Å². The molecule has 0 amide bonds. The van der Waals surface area contributed by atoms with Gasteiger partial charge >= 0.3 is 0 Å². The average Bonchev–Trinajstić information content (AvgIpc) is 2.86. The molecular formula is C15H13FOS. The first-order valence-corrected chi connectivity index (χ1v) is 6.93. The molecule has 0 unspecified atom stereocenters. The van der Waals surface area contributed by atoms with Crippen molar-refractivity contribution in [1.29, 1.82) is 0 Å². The molecule has 2 atom stereocenters. The van der Waals surface area contributed by atoms with Crippen LogP contribution in [0.1, 0.15) is 28.3 Å². The van der Waals surface area contributed by atoms with E-state index < -0.39 is 0 Å². The molecule has 0 aliphatic heterocycles. The van der Waals surface area contributed by atoms with E-state index in [1.807, 2.05) is 12.1 Å². The van der Waals surface area contributed by atoms with Crippen molar-refractivity contribution in [2.24, 2.45) is 5.92 Å². The number of halogens is 1. The summed E-state index contributed by atoms with van der Waals surface area (Å²) in [6.45, 7) is 0. The van der Waals surface area contributed by atoms with E-state index in [1.165, 1.54) is 22.6 Å². The van der Waals surface area contributed by atoms with Gasteiger partial charge in [0.25, 0.3) is 0 Å². The summed E-state index contributed by atoms with van der Waals surface area (Å²) < 4.78 is 13.0. The van der Waals surface area contributed by atoms with E-state index in [0.29, 0.717) is 0 Å². The van der Waals surface area contributed by atoms with Crippen LogP contribution in [0.25, 0.3) is 0 Å². The van der Waals surface area contributed by atoms with Crippen LogP contribution in [0.4, 0.5) is 4.39 Å². The second-order valence-corrected chi connectivity index (χ2v) is 5.70. The maximum absolute atomic E-state index is 13.0. The summed E-state index contributed by atoms with van der Waals surface area (Å²) in [6.07, 6.45) is 2.74. The molecule has 1 aliphatic carbocycles. The summed E-state index contributed by atoms with van der Waals surface area (Å²) in [4.78, 5) is 12.4. The topological polar surface area (TPSA) is 17.1 Å². The molecule has 0 fully saturated rings. The van der Waals surface area contributed by atoms with Crippen molar-refractivity contribution in [2.75, 3.05) is 0 Å². The predicted molar refractivity (Wildman–Crippen MR) is 70.4 cm³/mol. The smallest absolute Gasteiger partial charge is 0.123 e. The molecule has 3 heteroatoms. The number of fused-ring (bicyclic) bond motifs is 1. The fraction of sp³-hybridized carbons (Fsp3) is 0.267. The van der Waals surface area contributed by atoms with Crippen LogP contribution in [-0.4, -0.2) is 6.29 Å². The highest BCUT2D eigenvalue weighted by molar-refractivity contribution is 7.10.